The second-order valence-electron chi connectivity index (χ2n) is 8.14. The van der Waals surface area contributed by atoms with E-state index in [1.54, 1.807) is 73.3 Å². The minimum atomic E-state index is -0.649. The molecular formula is C26H21Cl2N5O3. The van der Waals surface area contributed by atoms with Crippen LogP contribution in [-0.2, 0) is 4.79 Å². The number of hydrogen-bond donors (Lipinski definition) is 3. The first kappa shape index (κ1) is 23.7. The Bertz CT molecular complexity index is 1500. The maximum absolute atomic E-state index is 13.7. The highest BCUT2D eigenvalue weighted by atomic mass is 35.5. The number of carbonyl (C=O) groups excluding carboxylic acids is 1. The van der Waals surface area contributed by atoms with Crippen molar-refractivity contribution in [3.63, 3.8) is 0 Å². The van der Waals surface area contributed by atoms with Crippen LogP contribution in [0.2, 0.25) is 10.0 Å². The van der Waals surface area contributed by atoms with Crippen molar-refractivity contribution in [2.75, 3.05) is 17.7 Å². The fraction of sp³-hybridized carbons (Fsp3) is 0.115. The Balaban J connectivity index is 1.61. The van der Waals surface area contributed by atoms with E-state index in [9.17, 15) is 9.90 Å². The summed E-state index contributed by atoms with van der Waals surface area (Å²) in [5.41, 5.74) is 2.98. The van der Waals surface area contributed by atoms with Gasteiger partial charge in [0, 0.05) is 11.3 Å². The lowest BCUT2D eigenvalue weighted by molar-refractivity contribution is -0.113. The molecule has 3 N–H and O–H groups in total. The number of benzene rings is 3. The molecule has 1 aliphatic heterocycles. The van der Waals surface area contributed by atoms with Gasteiger partial charge in [-0.15, -0.1) is 5.10 Å². The monoisotopic (exact) mass is 521 g/mol. The number of para-hydroxylation sites is 2. The topological polar surface area (TPSA) is 101 Å². The predicted octanol–water partition coefficient (Wildman–Crippen LogP) is 5.89. The SMILES string of the molecule is COc1ccccc1NC(=O)C1=C(C)Nc2nc(-c3ccc(O)cc3)nn2C1c1ccc(Cl)c(Cl)c1. The number of aromatic nitrogens is 3. The summed E-state index contributed by atoms with van der Waals surface area (Å²) < 4.78 is 7.04. The van der Waals surface area contributed by atoms with Crippen molar-refractivity contribution >= 4 is 40.7 Å². The summed E-state index contributed by atoms with van der Waals surface area (Å²) >= 11 is 12.5. The molecule has 1 aliphatic rings. The Labute approximate surface area is 217 Å². The highest BCUT2D eigenvalue weighted by Gasteiger charge is 2.35. The van der Waals surface area contributed by atoms with Crippen molar-refractivity contribution in [1.82, 2.24) is 14.8 Å². The number of ether oxygens (including phenoxy) is 1. The molecule has 3 aromatic carbocycles. The number of allylic oxidation sites excluding steroid dienone is 1. The molecule has 36 heavy (non-hydrogen) atoms. The molecule has 2 heterocycles. The second-order valence-corrected chi connectivity index (χ2v) is 8.96. The van der Waals surface area contributed by atoms with Gasteiger partial charge in [-0.05, 0) is 61.0 Å². The van der Waals surface area contributed by atoms with E-state index in [1.807, 2.05) is 12.1 Å². The predicted molar refractivity (Wildman–Crippen MR) is 140 cm³/mol. The Morgan fingerprint density at radius 2 is 1.83 bits per heavy atom. The molecule has 0 saturated heterocycles. The average molecular weight is 522 g/mol. The molecule has 0 aliphatic carbocycles. The zero-order chi connectivity index (χ0) is 25.4. The molecule has 0 radical (unpaired) electrons. The van der Waals surface area contributed by atoms with Gasteiger partial charge in [0.1, 0.15) is 17.5 Å². The van der Waals surface area contributed by atoms with Gasteiger partial charge < -0.3 is 20.5 Å². The van der Waals surface area contributed by atoms with Gasteiger partial charge >= 0.3 is 0 Å². The molecule has 0 spiro atoms. The number of anilines is 2. The maximum atomic E-state index is 13.7. The molecule has 1 aromatic heterocycles. The Morgan fingerprint density at radius 3 is 2.56 bits per heavy atom. The summed E-state index contributed by atoms with van der Waals surface area (Å²) in [6, 6.07) is 18.3. The van der Waals surface area contributed by atoms with Gasteiger partial charge in [0.25, 0.3) is 5.91 Å². The number of aromatic hydroxyl groups is 1. The molecule has 10 heteroatoms. The summed E-state index contributed by atoms with van der Waals surface area (Å²) in [7, 11) is 1.54. The van der Waals surface area contributed by atoms with Crippen LogP contribution in [0, 0.1) is 0 Å². The molecule has 0 bridgehead atoms. The van der Waals surface area contributed by atoms with Crippen molar-refractivity contribution in [1.29, 1.82) is 0 Å². The third kappa shape index (κ3) is 4.36. The second kappa shape index (κ2) is 9.56. The molecule has 5 rings (SSSR count). The normalized spacial score (nSPS) is 14.7. The number of nitrogens with one attached hydrogen (secondary N) is 2. The minimum Gasteiger partial charge on any atom is -0.508 e. The van der Waals surface area contributed by atoms with Crippen LogP contribution >= 0.6 is 23.2 Å². The minimum absolute atomic E-state index is 0.141. The van der Waals surface area contributed by atoms with Gasteiger partial charge in [0.2, 0.25) is 5.95 Å². The van der Waals surface area contributed by atoms with Gasteiger partial charge in [-0.25, -0.2) is 4.68 Å². The number of rotatable bonds is 5. The van der Waals surface area contributed by atoms with E-state index < -0.39 is 6.04 Å². The Kier molecular flexibility index (Phi) is 6.30. The molecule has 1 unspecified atom stereocenters. The third-order valence-corrected chi connectivity index (χ3v) is 6.58. The number of amides is 1. The molecular weight excluding hydrogens is 501 g/mol. The van der Waals surface area contributed by atoms with E-state index in [4.69, 9.17) is 33.0 Å². The first-order valence-corrected chi connectivity index (χ1v) is 11.7. The molecule has 1 atom stereocenters. The largest absolute Gasteiger partial charge is 0.508 e. The van der Waals surface area contributed by atoms with E-state index in [1.165, 1.54) is 0 Å². The lowest BCUT2D eigenvalue weighted by atomic mass is 9.95. The number of halogens is 2. The van der Waals surface area contributed by atoms with Crippen LogP contribution in [0.5, 0.6) is 11.5 Å². The number of carbonyl (C=O) groups is 1. The number of methoxy groups -OCH3 is 1. The first-order chi connectivity index (χ1) is 17.4. The third-order valence-electron chi connectivity index (χ3n) is 5.84. The van der Waals surface area contributed by atoms with Crippen molar-refractivity contribution < 1.29 is 14.6 Å². The van der Waals surface area contributed by atoms with Gasteiger partial charge in [-0.2, -0.15) is 4.98 Å². The molecule has 1 amide bonds. The lowest BCUT2D eigenvalue weighted by Gasteiger charge is -2.29. The first-order valence-electron chi connectivity index (χ1n) is 11.0. The zero-order valence-electron chi connectivity index (χ0n) is 19.3. The van der Waals surface area contributed by atoms with E-state index in [2.05, 4.69) is 15.6 Å². The number of fused-ring (bicyclic) bond motifs is 1. The van der Waals surface area contributed by atoms with Crippen LogP contribution < -0.4 is 15.4 Å². The van der Waals surface area contributed by atoms with Gasteiger partial charge in [-0.3, -0.25) is 4.79 Å². The van der Waals surface area contributed by atoms with Crippen molar-refractivity contribution in [3.05, 3.63) is 93.6 Å². The standard InChI is InChI=1S/C26H21Cl2N5O3/c1-14-22(25(35)30-20-5-3-4-6-21(20)36-2)23(16-9-12-18(27)19(28)13-16)33-26(29-14)31-24(32-33)15-7-10-17(34)11-8-15/h3-13,23,34H,1-2H3,(H,30,35)(H,29,31,32). The fourth-order valence-electron chi connectivity index (χ4n) is 4.11. The number of phenolic OH excluding ortho intramolecular Hbond substituents is 1. The van der Waals surface area contributed by atoms with E-state index >= 15 is 0 Å². The molecule has 0 fully saturated rings. The van der Waals surface area contributed by atoms with E-state index in [0.29, 0.717) is 55.7 Å². The molecule has 8 nitrogen and oxygen atoms in total. The van der Waals surface area contributed by atoms with Crippen LogP contribution in [0.1, 0.15) is 18.5 Å². The van der Waals surface area contributed by atoms with Crippen molar-refractivity contribution in [3.8, 4) is 22.9 Å². The Morgan fingerprint density at radius 1 is 1.08 bits per heavy atom. The van der Waals surface area contributed by atoms with Gasteiger partial charge in [-0.1, -0.05) is 41.4 Å². The van der Waals surface area contributed by atoms with E-state index in [-0.39, 0.29) is 11.7 Å². The summed E-state index contributed by atoms with van der Waals surface area (Å²) in [6.07, 6.45) is 0. The summed E-state index contributed by atoms with van der Waals surface area (Å²) in [4.78, 5) is 18.3. The van der Waals surface area contributed by atoms with Crippen LogP contribution in [-0.4, -0.2) is 32.9 Å². The Hall–Kier alpha value is -4.01. The summed E-state index contributed by atoms with van der Waals surface area (Å²) in [5, 5.41) is 21.3. The quantitative estimate of drug-likeness (QED) is 0.302. The molecule has 0 saturated carbocycles. The number of hydrogen-bond acceptors (Lipinski definition) is 6. The lowest BCUT2D eigenvalue weighted by Crippen LogP contribution is -2.31. The highest BCUT2D eigenvalue weighted by Crippen LogP contribution is 2.39. The van der Waals surface area contributed by atoms with Crippen LogP contribution in [0.3, 0.4) is 0 Å². The highest BCUT2D eigenvalue weighted by molar-refractivity contribution is 6.42. The van der Waals surface area contributed by atoms with Crippen molar-refractivity contribution in [2.24, 2.45) is 0 Å². The van der Waals surface area contributed by atoms with E-state index in [0.717, 1.165) is 0 Å². The zero-order valence-corrected chi connectivity index (χ0v) is 20.8. The summed E-state index contributed by atoms with van der Waals surface area (Å²) in [6.45, 7) is 1.81. The maximum Gasteiger partial charge on any atom is 0.255 e. The smallest absolute Gasteiger partial charge is 0.255 e. The van der Waals surface area contributed by atoms with Crippen LogP contribution in [0.15, 0.2) is 78.0 Å². The van der Waals surface area contributed by atoms with Gasteiger partial charge in [0.15, 0.2) is 5.82 Å². The van der Waals surface area contributed by atoms with Gasteiger partial charge in [0.05, 0.1) is 28.4 Å². The fourth-order valence-corrected chi connectivity index (χ4v) is 4.41. The average Bonchev–Trinajstić information content (AvgIpc) is 3.29. The molecule has 4 aromatic rings. The molecule has 182 valence electrons. The number of phenols is 1. The number of nitrogens with zero attached hydrogens (tertiary/aromatic N) is 3. The van der Waals surface area contributed by atoms with Crippen LogP contribution in [0.25, 0.3) is 11.4 Å². The van der Waals surface area contributed by atoms with Crippen molar-refractivity contribution in [2.45, 2.75) is 13.0 Å². The van der Waals surface area contributed by atoms with Crippen LogP contribution in [0.4, 0.5) is 11.6 Å². The summed E-state index contributed by atoms with van der Waals surface area (Å²) in [5.74, 6) is 1.23.